The van der Waals surface area contributed by atoms with Crippen LogP contribution in [-0.4, -0.2) is 40.9 Å². The van der Waals surface area contributed by atoms with Gasteiger partial charge in [0.25, 0.3) is 5.91 Å². The van der Waals surface area contributed by atoms with Gasteiger partial charge in [-0.25, -0.2) is 4.98 Å². The number of hydrogen-bond acceptors (Lipinski definition) is 6. The molecule has 0 radical (unpaired) electrons. The van der Waals surface area contributed by atoms with Crippen molar-refractivity contribution < 1.29 is 23.1 Å². The monoisotopic (exact) mass is 553 g/mol. The predicted octanol–water partition coefficient (Wildman–Crippen LogP) is 6.26. The SMILES string of the molecule is O=C(NCC1(O)CCC1)c1nc(CC2CCC2)c(-c2ccc(SNCC(F)(F)F)c(Cl)c2Cl)s1. The van der Waals surface area contributed by atoms with E-state index in [2.05, 4.69) is 15.0 Å². The second kappa shape index (κ2) is 10.5. The summed E-state index contributed by atoms with van der Waals surface area (Å²) in [6, 6.07) is 3.30. The van der Waals surface area contributed by atoms with Gasteiger partial charge in [-0.05, 0) is 49.6 Å². The van der Waals surface area contributed by atoms with Gasteiger partial charge in [-0.2, -0.15) is 13.2 Å². The molecule has 0 atom stereocenters. The van der Waals surface area contributed by atoms with Crippen LogP contribution in [0.3, 0.4) is 0 Å². The first-order chi connectivity index (χ1) is 16.0. The Morgan fingerprint density at radius 2 is 1.97 bits per heavy atom. The predicted molar refractivity (Wildman–Crippen MR) is 130 cm³/mol. The van der Waals surface area contributed by atoms with Crippen molar-refractivity contribution in [1.29, 1.82) is 0 Å². The molecule has 2 aliphatic rings. The standard InChI is InChI=1S/C22H24Cl2F3N3O2S2/c23-16-13(5-6-15(17(16)24)34-29-11-22(25,26)27)18-14(9-12-3-1-4-12)30-20(33-18)19(31)28-10-21(32)7-2-8-21/h5-6,12,29,32H,1-4,7-11H2,(H,28,31). The lowest BCUT2D eigenvalue weighted by molar-refractivity contribution is -0.121. The van der Waals surface area contributed by atoms with E-state index in [0.717, 1.165) is 41.8 Å². The summed E-state index contributed by atoms with van der Waals surface area (Å²) in [7, 11) is 0. The summed E-state index contributed by atoms with van der Waals surface area (Å²) < 4.78 is 39.5. The molecule has 2 aromatic rings. The van der Waals surface area contributed by atoms with E-state index < -0.39 is 18.3 Å². The van der Waals surface area contributed by atoms with E-state index in [1.165, 1.54) is 17.8 Å². The molecule has 0 bridgehead atoms. The quantitative estimate of drug-likeness (QED) is 0.319. The van der Waals surface area contributed by atoms with E-state index in [1.54, 1.807) is 12.1 Å². The molecule has 0 aliphatic heterocycles. The number of halogens is 5. The van der Waals surface area contributed by atoms with E-state index in [4.69, 9.17) is 23.2 Å². The molecule has 34 heavy (non-hydrogen) atoms. The fourth-order valence-corrected chi connectivity index (χ4v) is 6.24. The number of hydrogen-bond donors (Lipinski definition) is 3. The van der Waals surface area contributed by atoms with E-state index in [1.807, 2.05) is 0 Å². The molecule has 0 unspecified atom stereocenters. The van der Waals surface area contributed by atoms with Crippen molar-refractivity contribution in [2.24, 2.45) is 5.92 Å². The van der Waals surface area contributed by atoms with Crippen LogP contribution in [0.1, 0.15) is 54.0 Å². The molecule has 0 spiro atoms. The lowest BCUT2D eigenvalue weighted by Crippen LogP contribution is -2.47. The number of nitrogens with zero attached hydrogens (tertiary/aromatic N) is 1. The number of alkyl halides is 3. The number of carbonyl (C=O) groups excluding carboxylic acids is 1. The number of amides is 1. The molecule has 186 valence electrons. The Morgan fingerprint density at radius 3 is 2.56 bits per heavy atom. The molecule has 0 saturated heterocycles. The van der Waals surface area contributed by atoms with Crippen molar-refractivity contribution in [2.75, 3.05) is 13.1 Å². The average molecular weight is 554 g/mol. The van der Waals surface area contributed by atoms with Gasteiger partial charge in [0.05, 0.1) is 26.2 Å². The molecule has 2 saturated carbocycles. The van der Waals surface area contributed by atoms with Crippen molar-refractivity contribution in [3.05, 3.63) is 32.9 Å². The molecular weight excluding hydrogens is 530 g/mol. The van der Waals surface area contributed by atoms with Crippen LogP contribution < -0.4 is 10.0 Å². The molecule has 12 heteroatoms. The smallest absolute Gasteiger partial charge is 0.388 e. The van der Waals surface area contributed by atoms with E-state index >= 15 is 0 Å². The maximum atomic E-state index is 12.8. The molecule has 5 nitrogen and oxygen atoms in total. The fraction of sp³-hybridized carbons (Fsp3) is 0.545. The first-order valence-electron chi connectivity index (χ1n) is 11.0. The summed E-state index contributed by atoms with van der Waals surface area (Å²) in [4.78, 5) is 18.5. The molecule has 1 aromatic heterocycles. The minimum Gasteiger partial charge on any atom is -0.388 e. The Balaban J connectivity index is 1.56. The molecular formula is C22H24Cl2F3N3O2S2. The molecule has 3 N–H and O–H groups in total. The van der Waals surface area contributed by atoms with Crippen molar-refractivity contribution >= 4 is 52.4 Å². The summed E-state index contributed by atoms with van der Waals surface area (Å²) >= 11 is 14.9. The third kappa shape index (κ3) is 6.20. The van der Waals surface area contributed by atoms with Gasteiger partial charge in [0, 0.05) is 17.0 Å². The minimum atomic E-state index is -4.34. The van der Waals surface area contributed by atoms with Crippen LogP contribution in [0, 0.1) is 5.92 Å². The van der Waals surface area contributed by atoms with Gasteiger partial charge < -0.3 is 10.4 Å². The van der Waals surface area contributed by atoms with Crippen LogP contribution >= 0.6 is 46.5 Å². The van der Waals surface area contributed by atoms with Crippen LogP contribution in [0.4, 0.5) is 13.2 Å². The Hall–Kier alpha value is -1.04. The first kappa shape index (κ1) is 26.0. The van der Waals surface area contributed by atoms with Gasteiger partial charge in [-0.15, -0.1) is 11.3 Å². The highest BCUT2D eigenvalue weighted by Crippen LogP contribution is 2.44. The normalized spacial score (nSPS) is 17.8. The summed E-state index contributed by atoms with van der Waals surface area (Å²) in [5.41, 5.74) is 0.515. The zero-order valence-electron chi connectivity index (χ0n) is 18.1. The second-order valence-corrected chi connectivity index (χ2v) is 11.5. The van der Waals surface area contributed by atoms with Crippen LogP contribution in [-0.2, 0) is 6.42 Å². The highest BCUT2D eigenvalue weighted by molar-refractivity contribution is 7.97. The average Bonchev–Trinajstić information content (AvgIpc) is 3.13. The van der Waals surface area contributed by atoms with E-state index in [9.17, 15) is 23.1 Å². The maximum absolute atomic E-state index is 12.8. The zero-order valence-corrected chi connectivity index (χ0v) is 21.2. The van der Waals surface area contributed by atoms with Gasteiger partial charge in [-0.3, -0.25) is 9.52 Å². The van der Waals surface area contributed by atoms with Crippen molar-refractivity contribution in [3.8, 4) is 10.4 Å². The van der Waals surface area contributed by atoms with Crippen LogP contribution in [0.25, 0.3) is 10.4 Å². The minimum absolute atomic E-state index is 0.139. The summed E-state index contributed by atoms with van der Waals surface area (Å²) in [5, 5.41) is 13.7. The molecule has 2 fully saturated rings. The summed E-state index contributed by atoms with van der Waals surface area (Å²) in [6.07, 6.45) is 2.01. The zero-order chi connectivity index (χ0) is 24.5. The highest BCUT2D eigenvalue weighted by atomic mass is 35.5. The number of aromatic nitrogens is 1. The van der Waals surface area contributed by atoms with Gasteiger partial charge in [0.2, 0.25) is 0 Å². The summed E-state index contributed by atoms with van der Waals surface area (Å²) in [6.45, 7) is -0.983. The Labute approximate surface area is 213 Å². The number of thiazole rings is 1. The highest BCUT2D eigenvalue weighted by Gasteiger charge is 2.35. The number of benzene rings is 1. The van der Waals surface area contributed by atoms with E-state index in [-0.39, 0.29) is 27.5 Å². The van der Waals surface area contributed by atoms with E-state index in [0.29, 0.717) is 35.6 Å². The summed E-state index contributed by atoms with van der Waals surface area (Å²) in [5.74, 6) is 0.139. The molecule has 4 rings (SSSR count). The molecule has 1 heterocycles. The topological polar surface area (TPSA) is 74.2 Å². The Kier molecular flexibility index (Phi) is 8.06. The number of aliphatic hydroxyl groups is 1. The second-order valence-electron chi connectivity index (χ2n) is 8.83. The third-order valence-electron chi connectivity index (χ3n) is 6.21. The molecule has 2 aliphatic carbocycles. The first-order valence-corrected chi connectivity index (χ1v) is 13.4. The Bertz CT molecular complexity index is 1060. The van der Waals surface area contributed by atoms with Crippen LogP contribution in [0.15, 0.2) is 17.0 Å². The van der Waals surface area contributed by atoms with Gasteiger partial charge in [-0.1, -0.05) is 48.5 Å². The maximum Gasteiger partial charge on any atom is 0.402 e. The fourth-order valence-electron chi connectivity index (χ4n) is 3.83. The van der Waals surface area contributed by atoms with Gasteiger partial charge in [0.15, 0.2) is 5.01 Å². The Morgan fingerprint density at radius 1 is 1.24 bits per heavy atom. The van der Waals surface area contributed by atoms with Crippen LogP contribution in [0.2, 0.25) is 10.0 Å². The van der Waals surface area contributed by atoms with Crippen molar-refractivity contribution in [3.63, 3.8) is 0 Å². The molecule has 1 amide bonds. The number of carbonyl (C=O) groups is 1. The third-order valence-corrected chi connectivity index (χ3v) is 9.18. The lowest BCUT2D eigenvalue weighted by atomic mass is 9.80. The lowest BCUT2D eigenvalue weighted by Gasteiger charge is -2.36. The molecule has 1 aromatic carbocycles. The largest absolute Gasteiger partial charge is 0.402 e. The van der Waals surface area contributed by atoms with Crippen molar-refractivity contribution in [1.82, 2.24) is 15.0 Å². The van der Waals surface area contributed by atoms with Crippen molar-refractivity contribution in [2.45, 2.75) is 61.6 Å². The van der Waals surface area contributed by atoms with Gasteiger partial charge >= 0.3 is 6.18 Å². The number of nitrogens with one attached hydrogen (secondary N) is 2. The van der Waals surface area contributed by atoms with Gasteiger partial charge in [0.1, 0.15) is 6.54 Å². The van der Waals surface area contributed by atoms with Crippen LogP contribution in [0.5, 0.6) is 0 Å². The number of rotatable bonds is 9.